The van der Waals surface area contributed by atoms with Gasteiger partial charge < -0.3 is 4.74 Å². The summed E-state index contributed by atoms with van der Waals surface area (Å²) in [5.74, 6) is 1.41. The maximum Gasteiger partial charge on any atom is 0.338 e. The lowest BCUT2D eigenvalue weighted by Crippen LogP contribution is -2.27. The third-order valence-corrected chi connectivity index (χ3v) is 8.06. The maximum absolute atomic E-state index is 12.4. The summed E-state index contributed by atoms with van der Waals surface area (Å²) in [4.78, 5) is 17.0. The van der Waals surface area contributed by atoms with E-state index < -0.39 is 0 Å². The van der Waals surface area contributed by atoms with Crippen LogP contribution in [0.15, 0.2) is 24.3 Å². The van der Waals surface area contributed by atoms with Crippen molar-refractivity contribution >= 4 is 5.97 Å². The Morgan fingerprint density at radius 3 is 2.15 bits per heavy atom. The van der Waals surface area contributed by atoms with Crippen LogP contribution in [-0.2, 0) is 4.74 Å². The number of benzene rings is 1. The van der Waals surface area contributed by atoms with Crippen molar-refractivity contribution in [3.8, 4) is 0 Å². The van der Waals surface area contributed by atoms with E-state index in [1.165, 1.54) is 95.5 Å². The van der Waals surface area contributed by atoms with E-state index >= 15 is 0 Å². The van der Waals surface area contributed by atoms with Gasteiger partial charge in [-0.25, -0.2) is 4.79 Å². The number of nitrogens with zero attached hydrogens (tertiary/aromatic N) is 2. The summed E-state index contributed by atoms with van der Waals surface area (Å²) in [6.45, 7) is 6.70. The lowest BCUT2D eigenvalue weighted by molar-refractivity contribution is 0.0467. The van der Waals surface area contributed by atoms with Gasteiger partial charge in [0.2, 0.25) is 0 Å². The van der Waals surface area contributed by atoms with E-state index in [4.69, 9.17) is 4.74 Å². The Morgan fingerprint density at radius 1 is 0.882 bits per heavy atom. The molecular weight excluding hydrogens is 420 g/mol. The predicted molar refractivity (Wildman–Crippen MR) is 142 cm³/mol. The number of likely N-dealkylation sites (N-methyl/N-ethyl adjacent to an activating group) is 1. The number of esters is 1. The van der Waals surface area contributed by atoms with E-state index in [0.29, 0.717) is 18.1 Å². The molecule has 2 fully saturated rings. The molecule has 0 N–H and O–H groups in total. The Balaban J connectivity index is 1.25. The van der Waals surface area contributed by atoms with E-state index in [0.717, 1.165) is 32.2 Å². The van der Waals surface area contributed by atoms with E-state index in [9.17, 15) is 4.79 Å². The zero-order chi connectivity index (χ0) is 24.0. The van der Waals surface area contributed by atoms with Crippen molar-refractivity contribution in [2.45, 2.75) is 103 Å². The second-order valence-corrected chi connectivity index (χ2v) is 10.9. The standard InChI is InChI=1S/C30H50N2O2/c1-3-4-5-6-7-8-9-10-11-12-26-13-15-27(16-14-26)28-17-19-29(20-18-28)30(33)34-24-23-32-22-21-31(2)25-32/h17-20,26-27H,3-16,21-25H2,1-2H3. The van der Waals surface area contributed by atoms with Crippen molar-refractivity contribution in [1.82, 2.24) is 9.80 Å². The first-order valence-corrected chi connectivity index (χ1v) is 14.3. The van der Waals surface area contributed by atoms with Crippen LogP contribution in [0.4, 0.5) is 0 Å². The summed E-state index contributed by atoms with van der Waals surface area (Å²) >= 11 is 0. The Labute approximate surface area is 209 Å². The summed E-state index contributed by atoms with van der Waals surface area (Å²) in [7, 11) is 2.12. The Bertz CT molecular complexity index is 682. The Morgan fingerprint density at radius 2 is 1.53 bits per heavy atom. The predicted octanol–water partition coefficient (Wildman–Crippen LogP) is 7.24. The van der Waals surface area contributed by atoms with Crippen molar-refractivity contribution in [2.24, 2.45) is 5.92 Å². The molecule has 0 unspecified atom stereocenters. The summed E-state index contributed by atoms with van der Waals surface area (Å²) in [5.41, 5.74) is 2.08. The Kier molecular flexibility index (Phi) is 12.5. The molecule has 3 rings (SSSR count). The highest BCUT2D eigenvalue weighted by atomic mass is 16.5. The molecule has 0 bridgehead atoms. The van der Waals surface area contributed by atoms with Gasteiger partial charge in [-0.1, -0.05) is 83.3 Å². The second kappa shape index (κ2) is 15.6. The lowest BCUT2D eigenvalue weighted by atomic mass is 9.77. The van der Waals surface area contributed by atoms with E-state index in [1.54, 1.807) is 0 Å². The highest BCUT2D eigenvalue weighted by Gasteiger charge is 2.22. The molecule has 1 aliphatic carbocycles. The van der Waals surface area contributed by atoms with Gasteiger partial charge in [-0.05, 0) is 62.3 Å². The third-order valence-electron chi connectivity index (χ3n) is 8.06. The average molecular weight is 471 g/mol. The van der Waals surface area contributed by atoms with Crippen molar-refractivity contribution in [3.63, 3.8) is 0 Å². The maximum atomic E-state index is 12.4. The molecule has 0 radical (unpaired) electrons. The minimum Gasteiger partial charge on any atom is -0.461 e. The summed E-state index contributed by atoms with van der Waals surface area (Å²) in [6, 6.07) is 8.26. The zero-order valence-corrected chi connectivity index (χ0v) is 22.1. The summed E-state index contributed by atoms with van der Waals surface area (Å²) in [5, 5.41) is 0. The SMILES string of the molecule is CCCCCCCCCCCC1CCC(c2ccc(C(=O)OCCN3CCN(C)C3)cc2)CC1. The fourth-order valence-electron chi connectivity index (χ4n) is 5.75. The molecule has 192 valence electrons. The fourth-order valence-corrected chi connectivity index (χ4v) is 5.75. The molecular formula is C30H50N2O2. The second-order valence-electron chi connectivity index (χ2n) is 10.9. The summed E-state index contributed by atoms with van der Waals surface area (Å²) in [6.07, 6.45) is 19.6. The first kappa shape index (κ1) is 27.2. The van der Waals surface area contributed by atoms with Gasteiger partial charge in [-0.3, -0.25) is 9.80 Å². The number of hydrogen-bond acceptors (Lipinski definition) is 4. The van der Waals surface area contributed by atoms with Gasteiger partial charge in [0, 0.05) is 19.6 Å². The van der Waals surface area contributed by atoms with Crippen LogP contribution in [0.3, 0.4) is 0 Å². The van der Waals surface area contributed by atoms with Gasteiger partial charge in [0.1, 0.15) is 6.61 Å². The van der Waals surface area contributed by atoms with Gasteiger partial charge >= 0.3 is 5.97 Å². The first-order chi connectivity index (χ1) is 16.7. The quantitative estimate of drug-likeness (QED) is 0.200. The van der Waals surface area contributed by atoms with Crippen molar-refractivity contribution in [3.05, 3.63) is 35.4 Å². The third kappa shape index (κ3) is 9.70. The number of carbonyl (C=O) groups is 1. The minimum atomic E-state index is -0.191. The number of carbonyl (C=O) groups excluding carboxylic acids is 1. The number of ether oxygens (including phenoxy) is 1. The van der Waals surface area contributed by atoms with Crippen LogP contribution in [0.5, 0.6) is 0 Å². The lowest BCUT2D eigenvalue weighted by Gasteiger charge is -2.29. The highest BCUT2D eigenvalue weighted by Crippen LogP contribution is 2.37. The van der Waals surface area contributed by atoms with Crippen molar-refractivity contribution < 1.29 is 9.53 Å². The van der Waals surface area contributed by atoms with Crippen LogP contribution in [0.2, 0.25) is 0 Å². The van der Waals surface area contributed by atoms with Crippen LogP contribution < -0.4 is 0 Å². The molecule has 4 heteroatoms. The average Bonchev–Trinajstić information content (AvgIpc) is 3.28. The van der Waals surface area contributed by atoms with Gasteiger partial charge in [0.25, 0.3) is 0 Å². The molecule has 1 aromatic carbocycles. The molecule has 1 aromatic rings. The van der Waals surface area contributed by atoms with Crippen LogP contribution >= 0.6 is 0 Å². The monoisotopic (exact) mass is 470 g/mol. The van der Waals surface area contributed by atoms with Gasteiger partial charge in [0.15, 0.2) is 0 Å². The number of rotatable bonds is 15. The van der Waals surface area contributed by atoms with Crippen LogP contribution in [0, 0.1) is 5.92 Å². The molecule has 2 aliphatic rings. The van der Waals surface area contributed by atoms with Gasteiger partial charge in [0.05, 0.1) is 12.2 Å². The van der Waals surface area contributed by atoms with E-state index in [-0.39, 0.29) is 5.97 Å². The number of unbranched alkanes of at least 4 members (excludes halogenated alkanes) is 8. The normalized spacial score (nSPS) is 21.7. The largest absolute Gasteiger partial charge is 0.461 e. The molecule has 1 saturated carbocycles. The van der Waals surface area contributed by atoms with Crippen LogP contribution in [0.25, 0.3) is 0 Å². The smallest absolute Gasteiger partial charge is 0.338 e. The molecule has 0 atom stereocenters. The molecule has 1 aliphatic heterocycles. The zero-order valence-electron chi connectivity index (χ0n) is 22.1. The molecule has 1 saturated heterocycles. The van der Waals surface area contributed by atoms with E-state index in [2.05, 4.69) is 35.9 Å². The first-order valence-electron chi connectivity index (χ1n) is 14.3. The number of hydrogen-bond donors (Lipinski definition) is 0. The van der Waals surface area contributed by atoms with E-state index in [1.807, 2.05) is 12.1 Å². The van der Waals surface area contributed by atoms with Crippen LogP contribution in [0.1, 0.15) is 119 Å². The van der Waals surface area contributed by atoms with Crippen molar-refractivity contribution in [1.29, 1.82) is 0 Å². The highest BCUT2D eigenvalue weighted by molar-refractivity contribution is 5.89. The molecule has 34 heavy (non-hydrogen) atoms. The van der Waals surface area contributed by atoms with Gasteiger partial charge in [-0.15, -0.1) is 0 Å². The Hall–Kier alpha value is -1.39. The molecule has 0 amide bonds. The topological polar surface area (TPSA) is 32.8 Å². The van der Waals surface area contributed by atoms with Crippen molar-refractivity contribution in [2.75, 3.05) is 40.0 Å². The minimum absolute atomic E-state index is 0.191. The molecule has 4 nitrogen and oxygen atoms in total. The molecule has 0 spiro atoms. The molecule has 1 heterocycles. The summed E-state index contributed by atoms with van der Waals surface area (Å²) < 4.78 is 5.51. The fraction of sp³-hybridized carbons (Fsp3) is 0.767. The molecule has 0 aromatic heterocycles. The van der Waals surface area contributed by atoms with Gasteiger partial charge in [-0.2, -0.15) is 0 Å². The van der Waals surface area contributed by atoms with Crippen LogP contribution in [-0.4, -0.2) is 55.7 Å².